The second-order valence-electron chi connectivity index (χ2n) is 4.91. The minimum Gasteiger partial charge on any atom is -0.370 e. The van der Waals surface area contributed by atoms with E-state index in [4.69, 9.17) is 5.73 Å². The summed E-state index contributed by atoms with van der Waals surface area (Å²) in [5, 5.41) is 10.2. The van der Waals surface area contributed by atoms with Crippen LogP contribution in [0.5, 0.6) is 0 Å². The van der Waals surface area contributed by atoms with E-state index in [-0.39, 0.29) is 11.3 Å². The monoisotopic (exact) mass is 224 g/mol. The summed E-state index contributed by atoms with van der Waals surface area (Å²) in [6.07, 6.45) is 2.18. The highest BCUT2D eigenvalue weighted by molar-refractivity contribution is 5.73. The average Bonchev–Trinajstić information content (AvgIpc) is 2.59. The van der Waals surface area contributed by atoms with Crippen LogP contribution in [0.3, 0.4) is 0 Å². The molecule has 5 heteroatoms. The lowest BCUT2D eigenvalue weighted by Crippen LogP contribution is -2.23. The Hall–Kier alpha value is -1.36. The summed E-state index contributed by atoms with van der Waals surface area (Å²) in [7, 11) is 0. The Morgan fingerprint density at radius 2 is 2.25 bits per heavy atom. The van der Waals surface area contributed by atoms with Gasteiger partial charge in [0.25, 0.3) is 0 Å². The maximum Gasteiger partial charge on any atom is 0.218 e. The van der Waals surface area contributed by atoms with Crippen molar-refractivity contribution in [2.75, 3.05) is 6.54 Å². The summed E-state index contributed by atoms with van der Waals surface area (Å²) >= 11 is 0. The molecular formula is C11H20N4O. The number of primary amides is 1. The Bertz CT molecular complexity index is 351. The van der Waals surface area contributed by atoms with Gasteiger partial charge in [-0.1, -0.05) is 20.8 Å². The van der Waals surface area contributed by atoms with Gasteiger partial charge in [-0.2, -0.15) is 5.10 Å². The summed E-state index contributed by atoms with van der Waals surface area (Å²) < 4.78 is 0. The lowest BCUT2D eigenvalue weighted by molar-refractivity contribution is -0.117. The molecule has 0 radical (unpaired) electrons. The standard InChI is InChI=1S/C11H20N4O/c1-11(2,3)10-8(7-14-15-10)6-13-5-4-9(12)16/h7,13H,4-6H2,1-3H3,(H2,12,16)(H,14,15). The molecule has 5 nitrogen and oxygen atoms in total. The minimum absolute atomic E-state index is 0.0528. The van der Waals surface area contributed by atoms with Gasteiger partial charge in [0.1, 0.15) is 0 Å². The third-order valence-corrected chi connectivity index (χ3v) is 2.33. The zero-order chi connectivity index (χ0) is 12.2. The maximum atomic E-state index is 10.6. The number of hydrogen-bond donors (Lipinski definition) is 3. The molecule has 1 rings (SSSR count). The van der Waals surface area contributed by atoms with Crippen LogP contribution in [0.2, 0.25) is 0 Å². The van der Waals surface area contributed by atoms with E-state index in [0.29, 0.717) is 19.5 Å². The molecule has 1 aromatic rings. The zero-order valence-corrected chi connectivity index (χ0v) is 10.1. The summed E-state index contributed by atoms with van der Waals surface area (Å²) in [5.41, 5.74) is 7.37. The number of hydrogen-bond acceptors (Lipinski definition) is 3. The van der Waals surface area contributed by atoms with Gasteiger partial charge in [-0.3, -0.25) is 9.89 Å². The molecule has 4 N–H and O–H groups in total. The fourth-order valence-corrected chi connectivity index (χ4v) is 1.53. The third kappa shape index (κ3) is 3.66. The molecule has 1 aromatic heterocycles. The Balaban J connectivity index is 2.49. The molecule has 0 bridgehead atoms. The SMILES string of the molecule is CC(C)(C)c1[nH]ncc1CNCCC(N)=O. The Morgan fingerprint density at radius 1 is 1.56 bits per heavy atom. The minimum atomic E-state index is -0.282. The van der Waals surface area contributed by atoms with Crippen LogP contribution in [-0.4, -0.2) is 22.6 Å². The summed E-state index contributed by atoms with van der Waals surface area (Å²) in [6.45, 7) is 7.70. The van der Waals surface area contributed by atoms with E-state index in [2.05, 4.69) is 36.3 Å². The van der Waals surface area contributed by atoms with E-state index in [1.165, 1.54) is 0 Å². The number of aromatic amines is 1. The zero-order valence-electron chi connectivity index (χ0n) is 10.1. The van der Waals surface area contributed by atoms with Crippen molar-refractivity contribution in [2.24, 2.45) is 5.73 Å². The van der Waals surface area contributed by atoms with Gasteiger partial charge in [0.05, 0.1) is 6.20 Å². The van der Waals surface area contributed by atoms with Crippen molar-refractivity contribution in [1.82, 2.24) is 15.5 Å². The number of H-pyrrole nitrogens is 1. The summed E-state index contributed by atoms with van der Waals surface area (Å²) in [6, 6.07) is 0. The second kappa shape index (κ2) is 5.12. The van der Waals surface area contributed by atoms with Crippen LogP contribution < -0.4 is 11.1 Å². The van der Waals surface area contributed by atoms with Crippen LogP contribution in [0.25, 0.3) is 0 Å². The summed E-state index contributed by atoms with van der Waals surface area (Å²) in [5.74, 6) is -0.282. The van der Waals surface area contributed by atoms with Crippen LogP contribution in [0, 0.1) is 0 Å². The number of nitrogens with two attached hydrogens (primary N) is 1. The first-order valence-electron chi connectivity index (χ1n) is 5.43. The Labute approximate surface area is 95.8 Å². The van der Waals surface area contributed by atoms with Crippen molar-refractivity contribution < 1.29 is 4.79 Å². The number of nitrogens with one attached hydrogen (secondary N) is 2. The molecule has 0 aliphatic rings. The Morgan fingerprint density at radius 3 is 2.81 bits per heavy atom. The molecule has 1 heterocycles. The predicted octanol–water partition coefficient (Wildman–Crippen LogP) is 0.672. The van der Waals surface area contributed by atoms with Crippen LogP contribution in [-0.2, 0) is 16.8 Å². The largest absolute Gasteiger partial charge is 0.370 e. The number of carbonyl (C=O) groups is 1. The number of amides is 1. The van der Waals surface area contributed by atoms with Crippen molar-refractivity contribution in [3.05, 3.63) is 17.5 Å². The van der Waals surface area contributed by atoms with Crippen LogP contribution in [0.15, 0.2) is 6.20 Å². The first kappa shape index (κ1) is 12.7. The number of rotatable bonds is 5. The lowest BCUT2D eigenvalue weighted by Gasteiger charge is -2.18. The number of aromatic nitrogens is 2. The fraction of sp³-hybridized carbons (Fsp3) is 0.636. The predicted molar refractivity (Wildman–Crippen MR) is 62.8 cm³/mol. The van der Waals surface area contributed by atoms with Gasteiger partial charge in [0.15, 0.2) is 0 Å². The van der Waals surface area contributed by atoms with Gasteiger partial charge in [0, 0.05) is 36.2 Å². The first-order valence-corrected chi connectivity index (χ1v) is 5.43. The van der Waals surface area contributed by atoms with Crippen molar-refractivity contribution >= 4 is 5.91 Å². The molecule has 16 heavy (non-hydrogen) atoms. The lowest BCUT2D eigenvalue weighted by atomic mass is 9.89. The third-order valence-electron chi connectivity index (χ3n) is 2.33. The van der Waals surface area contributed by atoms with Crippen molar-refractivity contribution in [2.45, 2.75) is 39.2 Å². The molecule has 0 saturated carbocycles. The second-order valence-corrected chi connectivity index (χ2v) is 4.91. The first-order chi connectivity index (χ1) is 7.41. The van der Waals surface area contributed by atoms with Gasteiger partial charge < -0.3 is 11.1 Å². The molecule has 0 aliphatic heterocycles. The molecule has 0 atom stereocenters. The maximum absolute atomic E-state index is 10.6. The van der Waals surface area contributed by atoms with Gasteiger partial charge >= 0.3 is 0 Å². The van der Waals surface area contributed by atoms with Gasteiger partial charge in [0.2, 0.25) is 5.91 Å². The molecular weight excluding hydrogens is 204 g/mol. The van der Waals surface area contributed by atoms with E-state index in [9.17, 15) is 4.79 Å². The van der Waals surface area contributed by atoms with Gasteiger partial charge in [-0.25, -0.2) is 0 Å². The Kier molecular flexibility index (Phi) is 4.06. The van der Waals surface area contributed by atoms with E-state index in [0.717, 1.165) is 11.3 Å². The van der Waals surface area contributed by atoms with Crippen LogP contribution in [0.4, 0.5) is 0 Å². The normalized spacial score (nSPS) is 11.7. The molecule has 0 unspecified atom stereocenters. The average molecular weight is 224 g/mol. The molecule has 0 aromatic carbocycles. The molecule has 0 saturated heterocycles. The number of carbonyl (C=O) groups excluding carboxylic acids is 1. The molecule has 1 amide bonds. The van der Waals surface area contributed by atoms with Crippen LogP contribution in [0.1, 0.15) is 38.4 Å². The highest BCUT2D eigenvalue weighted by Crippen LogP contribution is 2.22. The molecule has 90 valence electrons. The van der Waals surface area contributed by atoms with Crippen molar-refractivity contribution in [3.63, 3.8) is 0 Å². The highest BCUT2D eigenvalue weighted by Gasteiger charge is 2.19. The van der Waals surface area contributed by atoms with E-state index >= 15 is 0 Å². The smallest absolute Gasteiger partial charge is 0.218 e. The van der Waals surface area contributed by atoms with Crippen LogP contribution >= 0.6 is 0 Å². The van der Waals surface area contributed by atoms with E-state index in [1.54, 1.807) is 0 Å². The van der Waals surface area contributed by atoms with Gasteiger partial charge in [-0.05, 0) is 0 Å². The topological polar surface area (TPSA) is 83.8 Å². The van der Waals surface area contributed by atoms with Crippen molar-refractivity contribution in [3.8, 4) is 0 Å². The fourth-order valence-electron chi connectivity index (χ4n) is 1.53. The van der Waals surface area contributed by atoms with E-state index < -0.39 is 0 Å². The molecule has 0 aliphatic carbocycles. The quantitative estimate of drug-likeness (QED) is 0.643. The highest BCUT2D eigenvalue weighted by atomic mass is 16.1. The molecule has 0 spiro atoms. The van der Waals surface area contributed by atoms with Gasteiger partial charge in [-0.15, -0.1) is 0 Å². The number of nitrogens with zero attached hydrogens (tertiary/aromatic N) is 1. The molecule has 0 fully saturated rings. The van der Waals surface area contributed by atoms with Crippen molar-refractivity contribution in [1.29, 1.82) is 0 Å². The summed E-state index contributed by atoms with van der Waals surface area (Å²) in [4.78, 5) is 10.6. The van der Waals surface area contributed by atoms with E-state index in [1.807, 2.05) is 6.20 Å².